The Morgan fingerprint density at radius 3 is 2.21 bits per heavy atom. The third-order valence-electron chi connectivity index (χ3n) is 9.50. The number of ether oxygens (including phenoxy) is 1. The number of piperidine rings is 1. The Morgan fingerprint density at radius 1 is 0.923 bits per heavy atom. The number of fused-ring (bicyclic) bond motifs is 1. The molecule has 3 aliphatic rings. The average molecular weight is 528 g/mol. The Hall–Kier alpha value is -3.02. The van der Waals surface area contributed by atoms with Crippen LogP contribution in [0.2, 0.25) is 0 Å². The summed E-state index contributed by atoms with van der Waals surface area (Å²) in [6, 6.07) is 27.0. The van der Waals surface area contributed by atoms with Crippen LogP contribution in [0.15, 0.2) is 84.9 Å². The van der Waals surface area contributed by atoms with Crippen LogP contribution in [-0.4, -0.2) is 41.7 Å². The van der Waals surface area contributed by atoms with Crippen LogP contribution in [0.4, 0.5) is 4.39 Å². The lowest BCUT2D eigenvalue weighted by Crippen LogP contribution is -2.43. The lowest BCUT2D eigenvalue weighted by atomic mass is 9.81. The number of nitrogens with zero attached hydrogens (tertiary/aromatic N) is 1. The summed E-state index contributed by atoms with van der Waals surface area (Å²) >= 11 is 0. The maximum atomic E-state index is 13.3. The molecule has 1 aliphatic heterocycles. The van der Waals surface area contributed by atoms with Crippen molar-refractivity contribution in [2.75, 3.05) is 19.6 Å². The van der Waals surface area contributed by atoms with Crippen molar-refractivity contribution in [2.45, 2.75) is 44.8 Å². The van der Waals surface area contributed by atoms with E-state index in [0.717, 1.165) is 50.8 Å². The minimum atomic E-state index is -0.490. The summed E-state index contributed by atoms with van der Waals surface area (Å²) in [5.41, 5.74) is 3.28. The molecule has 204 valence electrons. The van der Waals surface area contributed by atoms with Gasteiger partial charge in [0.1, 0.15) is 12.4 Å². The number of esters is 1. The molecule has 0 aromatic heterocycles. The number of aliphatic hydroxyl groups is 1. The van der Waals surface area contributed by atoms with Gasteiger partial charge in [0.2, 0.25) is 0 Å². The van der Waals surface area contributed by atoms with Crippen LogP contribution in [0.25, 0.3) is 0 Å². The number of hydrogen-bond donors (Lipinski definition) is 1. The van der Waals surface area contributed by atoms with Crippen LogP contribution < -0.4 is 0 Å². The molecule has 0 spiro atoms. The van der Waals surface area contributed by atoms with E-state index in [1.165, 1.54) is 11.1 Å². The van der Waals surface area contributed by atoms with E-state index >= 15 is 0 Å². The third-order valence-corrected chi connectivity index (χ3v) is 9.50. The van der Waals surface area contributed by atoms with Crippen molar-refractivity contribution in [1.82, 2.24) is 4.90 Å². The van der Waals surface area contributed by atoms with Gasteiger partial charge < -0.3 is 14.7 Å². The fraction of sp³-hybridized carbons (Fsp3) is 0.441. The summed E-state index contributed by atoms with van der Waals surface area (Å²) < 4.78 is 19.0. The van der Waals surface area contributed by atoms with Crippen molar-refractivity contribution in [2.24, 2.45) is 29.1 Å². The Bertz CT molecular complexity index is 1240. The fourth-order valence-corrected chi connectivity index (χ4v) is 7.08. The van der Waals surface area contributed by atoms with Gasteiger partial charge in [-0.3, -0.25) is 4.79 Å². The number of carbonyl (C=O) groups is 1. The van der Waals surface area contributed by atoms with Crippen molar-refractivity contribution < 1.29 is 19.0 Å². The normalized spacial score (nSPS) is 25.9. The number of halogens is 1. The molecule has 1 heterocycles. The number of aliphatic hydroxyl groups excluding tert-OH is 1. The summed E-state index contributed by atoms with van der Waals surface area (Å²) in [6.45, 7) is 2.86. The maximum Gasteiger partial charge on any atom is 0.310 e. The molecule has 3 aromatic carbocycles. The zero-order chi connectivity index (χ0) is 26.8. The van der Waals surface area contributed by atoms with Crippen molar-refractivity contribution >= 4 is 5.97 Å². The summed E-state index contributed by atoms with van der Waals surface area (Å²) in [5.74, 6) is 0.574. The molecule has 0 radical (unpaired) electrons. The molecular weight excluding hydrogens is 489 g/mol. The summed E-state index contributed by atoms with van der Waals surface area (Å²) in [6.07, 6.45) is 4.43. The molecule has 0 bridgehead atoms. The topological polar surface area (TPSA) is 49.8 Å². The first-order chi connectivity index (χ1) is 19.0. The molecule has 1 N–H and O–H groups in total. The molecule has 3 aromatic rings. The average Bonchev–Trinajstić information content (AvgIpc) is 3.85. The Kier molecular flexibility index (Phi) is 7.55. The lowest BCUT2D eigenvalue weighted by Gasteiger charge is -2.36. The van der Waals surface area contributed by atoms with Gasteiger partial charge >= 0.3 is 5.97 Å². The second-order valence-corrected chi connectivity index (χ2v) is 11.9. The van der Waals surface area contributed by atoms with E-state index in [1.54, 1.807) is 12.1 Å². The Balaban J connectivity index is 1.07. The van der Waals surface area contributed by atoms with Crippen LogP contribution in [-0.2, 0) is 29.0 Å². The quantitative estimate of drug-likeness (QED) is 0.326. The molecule has 6 rings (SSSR count). The van der Waals surface area contributed by atoms with Gasteiger partial charge in [0.05, 0.1) is 12.0 Å². The van der Waals surface area contributed by atoms with Crippen molar-refractivity contribution in [3.05, 3.63) is 107 Å². The van der Waals surface area contributed by atoms with E-state index in [9.17, 15) is 14.3 Å². The number of β-amino-alcohol motifs (C(OH)–C–C–N with tert-alkyl or cyclic N) is 1. The molecule has 5 atom stereocenters. The SMILES string of the molecule is O=C(OCc1ccccc1)C1C2CC21C(Cc1ccccc1)C(O)CN1CCC(Cc2ccc(F)cc2)CC1. The van der Waals surface area contributed by atoms with E-state index in [0.29, 0.717) is 25.0 Å². The largest absolute Gasteiger partial charge is 0.461 e. The highest BCUT2D eigenvalue weighted by Gasteiger charge is 2.84. The monoisotopic (exact) mass is 527 g/mol. The van der Waals surface area contributed by atoms with E-state index in [-0.39, 0.29) is 29.0 Å². The van der Waals surface area contributed by atoms with Crippen LogP contribution in [0.3, 0.4) is 0 Å². The van der Waals surface area contributed by atoms with Gasteiger partial charge in [-0.2, -0.15) is 0 Å². The first-order valence-electron chi connectivity index (χ1n) is 14.4. The minimum Gasteiger partial charge on any atom is -0.461 e. The molecule has 0 amide bonds. The van der Waals surface area contributed by atoms with E-state index < -0.39 is 6.10 Å². The first kappa shape index (κ1) is 26.2. The third kappa shape index (κ3) is 5.80. The first-order valence-corrected chi connectivity index (χ1v) is 14.4. The van der Waals surface area contributed by atoms with Gasteiger partial charge in [0.15, 0.2) is 0 Å². The fourth-order valence-electron chi connectivity index (χ4n) is 7.08. The Labute approximate surface area is 230 Å². The van der Waals surface area contributed by atoms with Crippen molar-refractivity contribution in [3.8, 4) is 0 Å². The van der Waals surface area contributed by atoms with Gasteiger partial charge in [-0.1, -0.05) is 72.8 Å². The van der Waals surface area contributed by atoms with Gasteiger partial charge in [0.25, 0.3) is 0 Å². The summed E-state index contributed by atoms with van der Waals surface area (Å²) in [4.78, 5) is 15.5. The molecular formula is C34H38FNO3. The number of benzene rings is 3. The number of carbonyl (C=O) groups excluding carboxylic acids is 1. The maximum absolute atomic E-state index is 13.3. The molecule has 5 unspecified atom stereocenters. The number of rotatable bonds is 11. The van der Waals surface area contributed by atoms with Crippen LogP contribution >= 0.6 is 0 Å². The highest BCUT2D eigenvalue weighted by atomic mass is 19.1. The highest BCUT2D eigenvalue weighted by molar-refractivity contribution is 5.81. The van der Waals surface area contributed by atoms with Gasteiger partial charge in [-0.15, -0.1) is 0 Å². The molecule has 1 saturated heterocycles. The second-order valence-electron chi connectivity index (χ2n) is 11.9. The van der Waals surface area contributed by atoms with Crippen molar-refractivity contribution in [3.63, 3.8) is 0 Å². The molecule has 2 aliphatic carbocycles. The summed E-state index contributed by atoms with van der Waals surface area (Å²) in [5, 5.41) is 11.6. The number of hydrogen-bond acceptors (Lipinski definition) is 4. The molecule has 39 heavy (non-hydrogen) atoms. The summed E-state index contributed by atoms with van der Waals surface area (Å²) in [7, 11) is 0. The van der Waals surface area contributed by atoms with E-state index in [1.807, 2.05) is 60.7 Å². The molecule has 5 heteroatoms. The van der Waals surface area contributed by atoms with Gasteiger partial charge in [0, 0.05) is 6.54 Å². The van der Waals surface area contributed by atoms with Crippen LogP contribution in [0, 0.1) is 34.9 Å². The second kappa shape index (κ2) is 11.2. The smallest absolute Gasteiger partial charge is 0.310 e. The van der Waals surface area contributed by atoms with Crippen LogP contribution in [0.1, 0.15) is 36.0 Å². The lowest BCUT2D eigenvalue weighted by molar-refractivity contribution is -0.149. The standard InChI is InChI=1S/C34H38FNO3/c35-28-13-11-25(12-14-28)19-26-15-17-36(18-16-26)22-31(37)29(20-24-7-3-1-4-8-24)34-21-30(34)32(34)33(38)39-23-27-9-5-2-6-10-27/h1-14,26,29-32,37H,15-23H2. The molecule has 3 fully saturated rings. The molecule has 4 nitrogen and oxygen atoms in total. The van der Waals surface area contributed by atoms with E-state index in [2.05, 4.69) is 17.0 Å². The van der Waals surface area contributed by atoms with Gasteiger partial charge in [-0.05, 0) is 97.2 Å². The van der Waals surface area contributed by atoms with Gasteiger partial charge in [-0.25, -0.2) is 4.39 Å². The predicted molar refractivity (Wildman–Crippen MR) is 149 cm³/mol. The van der Waals surface area contributed by atoms with Crippen LogP contribution in [0.5, 0.6) is 0 Å². The van der Waals surface area contributed by atoms with Crippen molar-refractivity contribution in [1.29, 1.82) is 0 Å². The predicted octanol–water partition coefficient (Wildman–Crippen LogP) is 5.68. The zero-order valence-corrected chi connectivity index (χ0v) is 22.4. The number of likely N-dealkylation sites (tertiary alicyclic amines) is 1. The van der Waals surface area contributed by atoms with E-state index in [4.69, 9.17) is 4.74 Å². The minimum absolute atomic E-state index is 0.0381. The zero-order valence-electron chi connectivity index (χ0n) is 22.4. The Morgan fingerprint density at radius 2 is 1.56 bits per heavy atom. The highest BCUT2D eigenvalue weighted by Crippen LogP contribution is 2.84. The molecule has 2 saturated carbocycles.